The van der Waals surface area contributed by atoms with Crippen molar-refractivity contribution in [2.45, 2.75) is 18.9 Å². The topological polar surface area (TPSA) is 119 Å². The minimum atomic E-state index is -0.591. The first-order valence-electron chi connectivity index (χ1n) is 10.8. The third kappa shape index (κ3) is 5.53. The maximum absolute atomic E-state index is 14.4. The summed E-state index contributed by atoms with van der Waals surface area (Å²) in [6, 6.07) is 5.34. The number of pyridine rings is 1. The summed E-state index contributed by atoms with van der Waals surface area (Å²) < 4.78 is 19.7. The Labute approximate surface area is 191 Å². The van der Waals surface area contributed by atoms with Crippen LogP contribution in [0.15, 0.2) is 36.7 Å². The first-order chi connectivity index (χ1) is 16.0. The van der Waals surface area contributed by atoms with Crippen LogP contribution in [0.3, 0.4) is 0 Å². The van der Waals surface area contributed by atoms with Gasteiger partial charge in [-0.1, -0.05) is 6.58 Å². The van der Waals surface area contributed by atoms with Crippen molar-refractivity contribution < 1.29 is 13.9 Å². The normalized spacial score (nSPS) is 18.4. The Morgan fingerprint density at radius 2 is 2.06 bits per heavy atom. The van der Waals surface area contributed by atoms with Crippen LogP contribution >= 0.6 is 0 Å². The number of carbonyl (C=O) groups excluding carboxylic acids is 1. The van der Waals surface area contributed by atoms with E-state index in [1.54, 1.807) is 17.2 Å². The number of piperidine rings is 1. The standard InChI is InChI=1S/C22H25FN8O2/c1-15(11-24)21(32)31-6-2-3-17(14-31)27-20-18(23)13-26-22(29-20)28-16-4-5-19(25-12-16)30-7-9-33-10-8-30/h4-5,12-13,17H,1-3,6-10,14H2,(H2,26,27,28,29). The highest BCUT2D eigenvalue weighted by Crippen LogP contribution is 2.21. The fourth-order valence-corrected chi connectivity index (χ4v) is 3.81. The zero-order chi connectivity index (χ0) is 23.2. The molecule has 2 aromatic heterocycles. The molecule has 2 N–H and O–H groups in total. The van der Waals surface area contributed by atoms with E-state index in [-0.39, 0.29) is 23.4 Å². The number of nitrogens with one attached hydrogen (secondary N) is 2. The van der Waals surface area contributed by atoms with Crippen LogP contribution in [-0.4, -0.2) is 71.2 Å². The molecule has 4 rings (SSSR count). The summed E-state index contributed by atoms with van der Waals surface area (Å²) >= 11 is 0. The van der Waals surface area contributed by atoms with Crippen molar-refractivity contribution in [3.63, 3.8) is 0 Å². The molecule has 2 fully saturated rings. The summed E-state index contributed by atoms with van der Waals surface area (Å²) in [7, 11) is 0. The fraction of sp³-hybridized carbons (Fsp3) is 0.409. The van der Waals surface area contributed by atoms with Gasteiger partial charge in [-0.3, -0.25) is 4.79 Å². The summed E-state index contributed by atoms with van der Waals surface area (Å²) in [5.74, 6) is 0.140. The minimum Gasteiger partial charge on any atom is -0.378 e. The van der Waals surface area contributed by atoms with Crippen LogP contribution in [0.5, 0.6) is 0 Å². The van der Waals surface area contributed by atoms with Gasteiger partial charge in [0.15, 0.2) is 11.6 Å². The molecule has 0 spiro atoms. The number of rotatable bonds is 6. The molecule has 0 aromatic carbocycles. The third-order valence-electron chi connectivity index (χ3n) is 5.53. The second-order valence-corrected chi connectivity index (χ2v) is 7.84. The van der Waals surface area contributed by atoms with Crippen molar-refractivity contribution >= 4 is 29.2 Å². The van der Waals surface area contributed by atoms with E-state index in [0.29, 0.717) is 32.0 Å². The van der Waals surface area contributed by atoms with Crippen LogP contribution in [-0.2, 0) is 9.53 Å². The number of hydrogen-bond donors (Lipinski definition) is 2. The number of nitriles is 1. The Morgan fingerprint density at radius 1 is 1.24 bits per heavy atom. The number of anilines is 4. The number of ether oxygens (including phenoxy) is 1. The van der Waals surface area contributed by atoms with E-state index in [1.165, 1.54) is 0 Å². The van der Waals surface area contributed by atoms with Gasteiger partial charge < -0.3 is 25.2 Å². The molecule has 1 amide bonds. The van der Waals surface area contributed by atoms with E-state index < -0.39 is 11.7 Å². The second-order valence-electron chi connectivity index (χ2n) is 7.84. The summed E-state index contributed by atoms with van der Waals surface area (Å²) in [6.45, 7) is 7.30. The molecule has 0 radical (unpaired) electrons. The van der Waals surface area contributed by atoms with Crippen molar-refractivity contribution in [1.29, 1.82) is 5.26 Å². The first kappa shape index (κ1) is 22.4. The summed E-state index contributed by atoms with van der Waals surface area (Å²) in [5, 5.41) is 15.0. The zero-order valence-electron chi connectivity index (χ0n) is 18.1. The Hall–Kier alpha value is -3.78. The van der Waals surface area contributed by atoms with Gasteiger partial charge >= 0.3 is 0 Å². The smallest absolute Gasteiger partial charge is 0.263 e. The van der Waals surface area contributed by atoms with Crippen LogP contribution in [0.2, 0.25) is 0 Å². The first-order valence-corrected chi connectivity index (χ1v) is 10.8. The lowest BCUT2D eigenvalue weighted by Gasteiger charge is -2.33. The predicted octanol–water partition coefficient (Wildman–Crippen LogP) is 2.07. The highest BCUT2D eigenvalue weighted by molar-refractivity contribution is 5.96. The number of aromatic nitrogens is 3. The lowest BCUT2D eigenvalue weighted by atomic mass is 10.0. The minimum absolute atomic E-state index is 0.0452. The molecule has 0 aliphatic carbocycles. The summed E-state index contributed by atoms with van der Waals surface area (Å²) in [4.78, 5) is 28.7. The van der Waals surface area contributed by atoms with Gasteiger partial charge in [-0.15, -0.1) is 0 Å². The van der Waals surface area contributed by atoms with Gasteiger partial charge in [-0.25, -0.2) is 14.4 Å². The Kier molecular flexibility index (Phi) is 6.95. The van der Waals surface area contributed by atoms with E-state index >= 15 is 0 Å². The molecule has 2 aromatic rings. The summed E-state index contributed by atoms with van der Waals surface area (Å²) in [5.41, 5.74) is 0.567. The molecule has 2 aliphatic rings. The van der Waals surface area contributed by atoms with Gasteiger partial charge in [-0.2, -0.15) is 10.2 Å². The largest absolute Gasteiger partial charge is 0.378 e. The van der Waals surface area contributed by atoms with Crippen LogP contribution in [0.4, 0.5) is 27.7 Å². The zero-order valence-corrected chi connectivity index (χ0v) is 18.1. The molecule has 2 saturated heterocycles. The maximum Gasteiger partial charge on any atom is 0.263 e. The van der Waals surface area contributed by atoms with E-state index in [2.05, 4.69) is 37.1 Å². The van der Waals surface area contributed by atoms with Crippen LogP contribution < -0.4 is 15.5 Å². The molecule has 33 heavy (non-hydrogen) atoms. The molecule has 2 aliphatic heterocycles. The number of hydrogen-bond acceptors (Lipinski definition) is 9. The number of likely N-dealkylation sites (tertiary alicyclic amines) is 1. The molecule has 4 heterocycles. The summed E-state index contributed by atoms with van der Waals surface area (Å²) in [6.07, 6.45) is 4.23. The van der Waals surface area contributed by atoms with Crippen molar-refractivity contribution in [3.05, 3.63) is 42.5 Å². The maximum atomic E-state index is 14.4. The van der Waals surface area contributed by atoms with Crippen LogP contribution in [0.25, 0.3) is 0 Å². The molecule has 10 nitrogen and oxygen atoms in total. The lowest BCUT2D eigenvalue weighted by Crippen LogP contribution is -2.45. The predicted molar refractivity (Wildman–Crippen MR) is 121 cm³/mol. The van der Waals surface area contributed by atoms with Gasteiger partial charge in [-0.05, 0) is 25.0 Å². The number of amides is 1. The quantitative estimate of drug-likeness (QED) is 0.501. The highest BCUT2D eigenvalue weighted by Gasteiger charge is 2.26. The second kappa shape index (κ2) is 10.2. The SMILES string of the molecule is C=C(C#N)C(=O)N1CCCC(Nc2nc(Nc3ccc(N4CCOCC4)nc3)ncc2F)C1. The van der Waals surface area contributed by atoms with Gasteiger partial charge in [0.2, 0.25) is 5.95 Å². The molecule has 1 atom stereocenters. The average molecular weight is 452 g/mol. The van der Waals surface area contributed by atoms with E-state index in [4.69, 9.17) is 10.00 Å². The van der Waals surface area contributed by atoms with E-state index in [0.717, 1.165) is 37.9 Å². The van der Waals surface area contributed by atoms with Crippen molar-refractivity contribution in [2.24, 2.45) is 0 Å². The van der Waals surface area contributed by atoms with Crippen molar-refractivity contribution in [3.8, 4) is 6.07 Å². The fourth-order valence-electron chi connectivity index (χ4n) is 3.81. The van der Waals surface area contributed by atoms with E-state index in [1.807, 2.05) is 12.1 Å². The number of carbonyl (C=O) groups is 1. The molecule has 0 bridgehead atoms. The Balaban J connectivity index is 1.40. The molecule has 11 heteroatoms. The van der Waals surface area contributed by atoms with Crippen LogP contribution in [0, 0.1) is 17.1 Å². The number of halogens is 1. The van der Waals surface area contributed by atoms with Gasteiger partial charge in [0.1, 0.15) is 17.5 Å². The lowest BCUT2D eigenvalue weighted by molar-refractivity contribution is -0.127. The van der Waals surface area contributed by atoms with Gasteiger partial charge in [0.05, 0.1) is 31.3 Å². The van der Waals surface area contributed by atoms with E-state index in [9.17, 15) is 9.18 Å². The number of morpholine rings is 1. The third-order valence-corrected chi connectivity index (χ3v) is 5.53. The number of nitrogens with zero attached hydrogens (tertiary/aromatic N) is 6. The Bertz CT molecular complexity index is 1050. The molecule has 1 unspecified atom stereocenters. The Morgan fingerprint density at radius 3 is 2.79 bits per heavy atom. The molecule has 0 saturated carbocycles. The monoisotopic (exact) mass is 452 g/mol. The molecular formula is C22H25FN8O2. The van der Waals surface area contributed by atoms with Crippen molar-refractivity contribution in [1.82, 2.24) is 19.9 Å². The van der Waals surface area contributed by atoms with Gasteiger partial charge in [0, 0.05) is 32.2 Å². The average Bonchev–Trinajstić information content (AvgIpc) is 2.86. The highest BCUT2D eigenvalue weighted by atomic mass is 19.1. The van der Waals surface area contributed by atoms with Crippen molar-refractivity contribution in [2.75, 3.05) is 54.9 Å². The van der Waals surface area contributed by atoms with Gasteiger partial charge in [0.25, 0.3) is 5.91 Å². The van der Waals surface area contributed by atoms with Crippen LogP contribution in [0.1, 0.15) is 12.8 Å². The molecular weight excluding hydrogens is 427 g/mol. The molecule has 172 valence electrons.